The first-order chi connectivity index (χ1) is 7.66. The Balaban J connectivity index is 2.20. The number of carbonyl (C=O) groups is 1. The summed E-state index contributed by atoms with van der Waals surface area (Å²) >= 11 is 0. The summed E-state index contributed by atoms with van der Waals surface area (Å²) in [6.45, 7) is 2.79. The van der Waals surface area contributed by atoms with Gasteiger partial charge in [0.15, 0.2) is 0 Å². The maximum atomic E-state index is 10.7. The highest BCUT2D eigenvalue weighted by Crippen LogP contribution is 2.06. The van der Waals surface area contributed by atoms with Crippen LogP contribution in [0.25, 0.3) is 5.57 Å². The minimum absolute atomic E-state index is 0.0216. The van der Waals surface area contributed by atoms with E-state index in [-0.39, 0.29) is 11.7 Å². The minimum atomic E-state index is -0.0216. The number of phenolic OH excluding ortho intramolecular Hbond substituents is 1. The highest BCUT2D eigenvalue weighted by Gasteiger charge is 2.06. The van der Waals surface area contributed by atoms with Crippen LogP contribution in [0.4, 0.5) is 0 Å². The number of nitrogens with one attached hydrogen (secondary N) is 1. The fourth-order valence-corrected chi connectivity index (χ4v) is 1.81. The molecule has 0 aliphatic carbocycles. The largest absolute Gasteiger partial charge is 0.508 e. The first-order valence-corrected chi connectivity index (χ1v) is 5.27. The van der Waals surface area contributed by atoms with E-state index >= 15 is 0 Å². The van der Waals surface area contributed by atoms with Gasteiger partial charge in [0, 0.05) is 18.7 Å². The molecule has 1 aliphatic rings. The smallest absolute Gasteiger partial charge is 0.216 e. The summed E-state index contributed by atoms with van der Waals surface area (Å²) in [5, 5.41) is 14.1. The molecule has 0 saturated heterocycles. The molecule has 2 rings (SSSR count). The van der Waals surface area contributed by atoms with E-state index in [4.69, 9.17) is 0 Å². The zero-order valence-electron chi connectivity index (χ0n) is 9.16. The molecule has 4 heteroatoms. The number of phenols is 1. The van der Waals surface area contributed by atoms with Crippen LogP contribution in [0.15, 0.2) is 23.2 Å². The molecule has 1 aliphatic heterocycles. The average Bonchev–Trinajstić information content (AvgIpc) is 2.60. The summed E-state index contributed by atoms with van der Waals surface area (Å²) in [7, 11) is 0. The van der Waals surface area contributed by atoms with E-state index in [1.54, 1.807) is 12.1 Å². The Morgan fingerprint density at radius 1 is 1.56 bits per heavy atom. The molecule has 0 aromatic heterocycles. The third-order valence-corrected chi connectivity index (χ3v) is 2.60. The first-order valence-electron chi connectivity index (χ1n) is 5.27. The van der Waals surface area contributed by atoms with E-state index in [1.807, 2.05) is 6.07 Å². The monoisotopic (exact) mass is 218 g/mol. The fraction of sp³-hybridized carbons (Fsp3) is 0.333. The molecular weight excluding hydrogens is 204 g/mol. The number of rotatable bonds is 3. The van der Waals surface area contributed by atoms with Crippen molar-refractivity contribution in [1.29, 1.82) is 0 Å². The number of carbonyl (C=O) groups excluding carboxylic acids is 1. The highest BCUT2D eigenvalue weighted by atomic mass is 16.3. The SMILES string of the molecule is CC(=O)NCCC1=c2cc(O)ccc2=NC1. The molecule has 84 valence electrons. The van der Waals surface area contributed by atoms with Crippen LogP contribution < -0.4 is 15.9 Å². The molecule has 0 radical (unpaired) electrons. The minimum Gasteiger partial charge on any atom is -0.508 e. The maximum Gasteiger partial charge on any atom is 0.216 e. The van der Waals surface area contributed by atoms with Gasteiger partial charge in [0.05, 0.1) is 11.9 Å². The van der Waals surface area contributed by atoms with Gasteiger partial charge in [0.1, 0.15) is 5.75 Å². The summed E-state index contributed by atoms with van der Waals surface area (Å²) in [6.07, 6.45) is 0.777. The average molecular weight is 218 g/mol. The van der Waals surface area contributed by atoms with Crippen molar-refractivity contribution in [2.24, 2.45) is 4.99 Å². The second kappa shape index (κ2) is 4.35. The van der Waals surface area contributed by atoms with Crippen LogP contribution in [0.1, 0.15) is 13.3 Å². The van der Waals surface area contributed by atoms with Crippen LogP contribution in [0.2, 0.25) is 0 Å². The van der Waals surface area contributed by atoms with Crippen molar-refractivity contribution >= 4 is 11.5 Å². The fourth-order valence-electron chi connectivity index (χ4n) is 1.81. The van der Waals surface area contributed by atoms with Gasteiger partial charge in [-0.1, -0.05) is 0 Å². The molecule has 0 bridgehead atoms. The van der Waals surface area contributed by atoms with Gasteiger partial charge in [-0.25, -0.2) is 0 Å². The molecule has 0 fully saturated rings. The number of amides is 1. The molecule has 16 heavy (non-hydrogen) atoms. The van der Waals surface area contributed by atoms with E-state index < -0.39 is 0 Å². The van der Waals surface area contributed by atoms with Gasteiger partial charge >= 0.3 is 0 Å². The maximum absolute atomic E-state index is 10.7. The molecule has 0 atom stereocenters. The van der Waals surface area contributed by atoms with E-state index in [9.17, 15) is 9.90 Å². The van der Waals surface area contributed by atoms with Crippen LogP contribution >= 0.6 is 0 Å². The molecule has 0 spiro atoms. The number of nitrogens with zero attached hydrogens (tertiary/aromatic N) is 1. The normalized spacial score (nSPS) is 13.2. The Labute approximate surface area is 93.3 Å². The number of benzene rings is 1. The first kappa shape index (κ1) is 10.7. The van der Waals surface area contributed by atoms with E-state index in [0.717, 1.165) is 17.0 Å². The Bertz CT molecular complexity index is 534. The number of hydrogen-bond acceptors (Lipinski definition) is 3. The summed E-state index contributed by atoms with van der Waals surface area (Å²) in [5.74, 6) is 0.236. The third kappa shape index (κ3) is 2.21. The second-order valence-electron chi connectivity index (χ2n) is 3.85. The predicted octanol–water partition coefficient (Wildman–Crippen LogP) is -0.298. The van der Waals surface area contributed by atoms with E-state index in [2.05, 4.69) is 10.3 Å². The van der Waals surface area contributed by atoms with Gasteiger partial charge in [-0.05, 0) is 30.2 Å². The van der Waals surface area contributed by atoms with Crippen LogP contribution in [-0.4, -0.2) is 24.1 Å². The zero-order chi connectivity index (χ0) is 11.5. The highest BCUT2D eigenvalue weighted by molar-refractivity contribution is 5.72. The summed E-state index contributed by atoms with van der Waals surface area (Å²) in [6, 6.07) is 5.18. The van der Waals surface area contributed by atoms with Crippen molar-refractivity contribution < 1.29 is 9.90 Å². The van der Waals surface area contributed by atoms with Crippen LogP contribution in [0.3, 0.4) is 0 Å². The van der Waals surface area contributed by atoms with Crippen molar-refractivity contribution in [3.8, 4) is 5.75 Å². The van der Waals surface area contributed by atoms with Gasteiger partial charge in [0.25, 0.3) is 0 Å². The van der Waals surface area contributed by atoms with E-state index in [1.165, 1.54) is 12.5 Å². The summed E-state index contributed by atoms with van der Waals surface area (Å²) in [5.41, 5.74) is 1.17. The van der Waals surface area contributed by atoms with Crippen molar-refractivity contribution in [3.63, 3.8) is 0 Å². The molecule has 0 unspecified atom stereocenters. The topological polar surface area (TPSA) is 61.7 Å². The predicted molar refractivity (Wildman–Crippen MR) is 60.5 cm³/mol. The van der Waals surface area contributed by atoms with Gasteiger partial charge in [-0.3, -0.25) is 9.79 Å². The zero-order valence-corrected chi connectivity index (χ0v) is 9.16. The third-order valence-electron chi connectivity index (χ3n) is 2.60. The summed E-state index contributed by atoms with van der Waals surface area (Å²) in [4.78, 5) is 15.1. The quantitative estimate of drug-likeness (QED) is 0.732. The van der Waals surface area contributed by atoms with Crippen molar-refractivity contribution in [2.75, 3.05) is 13.1 Å². The Morgan fingerprint density at radius 2 is 2.38 bits per heavy atom. The molecule has 0 saturated carbocycles. The van der Waals surface area contributed by atoms with Gasteiger partial charge in [0.2, 0.25) is 5.91 Å². The molecular formula is C12H14N2O2. The van der Waals surface area contributed by atoms with Gasteiger partial charge < -0.3 is 10.4 Å². The summed E-state index contributed by atoms with van der Waals surface area (Å²) < 4.78 is 0. The number of fused-ring (bicyclic) bond motifs is 1. The van der Waals surface area contributed by atoms with Gasteiger partial charge in [-0.2, -0.15) is 0 Å². The van der Waals surface area contributed by atoms with Crippen molar-refractivity contribution in [2.45, 2.75) is 13.3 Å². The molecule has 1 heterocycles. The number of hydrogen-bond donors (Lipinski definition) is 2. The number of aromatic hydroxyl groups is 1. The van der Waals surface area contributed by atoms with Crippen molar-refractivity contribution in [1.82, 2.24) is 5.32 Å². The molecule has 1 amide bonds. The van der Waals surface area contributed by atoms with E-state index in [0.29, 0.717) is 13.1 Å². The lowest BCUT2D eigenvalue weighted by molar-refractivity contribution is -0.118. The Hall–Kier alpha value is -1.84. The lowest BCUT2D eigenvalue weighted by atomic mass is 10.1. The standard InChI is InChI=1S/C12H14N2O2/c1-8(15)13-5-4-9-7-14-12-3-2-10(16)6-11(9)12/h2-3,6,16H,4-5,7H2,1H3,(H,13,15). The van der Waals surface area contributed by atoms with Crippen LogP contribution in [0.5, 0.6) is 5.75 Å². The lowest BCUT2D eigenvalue weighted by Gasteiger charge is -2.02. The molecule has 4 nitrogen and oxygen atoms in total. The van der Waals surface area contributed by atoms with Crippen molar-refractivity contribution in [3.05, 3.63) is 28.8 Å². The molecule has 1 aromatic rings. The van der Waals surface area contributed by atoms with Crippen LogP contribution in [0, 0.1) is 0 Å². The Kier molecular flexibility index (Phi) is 2.90. The Morgan fingerprint density at radius 3 is 3.12 bits per heavy atom. The van der Waals surface area contributed by atoms with Crippen LogP contribution in [-0.2, 0) is 4.79 Å². The van der Waals surface area contributed by atoms with Gasteiger partial charge in [-0.15, -0.1) is 0 Å². The molecule has 1 aromatic carbocycles. The molecule has 2 N–H and O–H groups in total. The second-order valence-corrected chi connectivity index (χ2v) is 3.85. The lowest BCUT2D eigenvalue weighted by Crippen LogP contribution is -2.25.